The lowest BCUT2D eigenvalue weighted by atomic mass is 10.0. The van der Waals surface area contributed by atoms with Crippen molar-refractivity contribution < 1.29 is 24.5 Å². The third-order valence-corrected chi connectivity index (χ3v) is 4.45. The van der Waals surface area contributed by atoms with Crippen LogP contribution in [0.3, 0.4) is 0 Å². The molecule has 7 nitrogen and oxygen atoms in total. The maximum Gasteiger partial charge on any atom is 0.320 e. The third-order valence-electron chi connectivity index (χ3n) is 4.45. The maximum absolute atomic E-state index is 12.6. The summed E-state index contributed by atoms with van der Waals surface area (Å²) in [5, 5.41) is 18.2. The van der Waals surface area contributed by atoms with Gasteiger partial charge in [0.15, 0.2) is 0 Å². The number of aliphatic hydroxyl groups excluding tert-OH is 1. The van der Waals surface area contributed by atoms with Gasteiger partial charge in [-0.25, -0.2) is 4.79 Å². The van der Waals surface area contributed by atoms with Crippen LogP contribution in [0, 0.1) is 11.8 Å². The van der Waals surface area contributed by atoms with Crippen molar-refractivity contribution in [3.05, 3.63) is 0 Å². The summed E-state index contributed by atoms with van der Waals surface area (Å²) >= 11 is 0. The summed E-state index contributed by atoms with van der Waals surface area (Å²) in [4.78, 5) is 27.3. The van der Waals surface area contributed by atoms with E-state index in [1.54, 1.807) is 9.80 Å². The minimum absolute atomic E-state index is 0.111. The van der Waals surface area contributed by atoms with Gasteiger partial charge in [0.2, 0.25) is 0 Å². The first-order chi connectivity index (χ1) is 10.1. The fraction of sp³-hybridized carbons (Fsp3) is 0.857. The Labute approximate surface area is 124 Å². The highest BCUT2D eigenvalue weighted by molar-refractivity contribution is 5.77. The standard InChI is InChI=1S/C14H24N2O5/c1-2-16(12-9-21-8-11(12)13(18)19)14(20)15-5-3-10(7-15)4-6-17/h10-12,17H,2-9H2,1H3,(H,18,19). The minimum Gasteiger partial charge on any atom is -0.481 e. The summed E-state index contributed by atoms with van der Waals surface area (Å²) in [5.41, 5.74) is 0. The summed E-state index contributed by atoms with van der Waals surface area (Å²) in [5.74, 6) is -1.22. The van der Waals surface area contributed by atoms with Crippen molar-refractivity contribution in [2.45, 2.75) is 25.8 Å². The van der Waals surface area contributed by atoms with Crippen molar-refractivity contribution in [2.75, 3.05) is 39.5 Å². The zero-order valence-corrected chi connectivity index (χ0v) is 12.4. The van der Waals surface area contributed by atoms with Crippen molar-refractivity contribution >= 4 is 12.0 Å². The first kappa shape index (κ1) is 16.0. The molecule has 21 heavy (non-hydrogen) atoms. The van der Waals surface area contributed by atoms with Crippen molar-refractivity contribution in [3.63, 3.8) is 0 Å². The number of aliphatic carboxylic acids is 1. The molecule has 0 aromatic rings. The molecule has 0 aliphatic carbocycles. The van der Waals surface area contributed by atoms with Gasteiger partial charge in [0.05, 0.1) is 19.3 Å². The van der Waals surface area contributed by atoms with Gasteiger partial charge in [-0.15, -0.1) is 0 Å². The van der Waals surface area contributed by atoms with Crippen molar-refractivity contribution in [1.82, 2.24) is 9.80 Å². The maximum atomic E-state index is 12.6. The Morgan fingerprint density at radius 1 is 1.38 bits per heavy atom. The molecule has 0 bridgehead atoms. The van der Waals surface area contributed by atoms with E-state index in [1.165, 1.54) is 0 Å². The van der Waals surface area contributed by atoms with Gasteiger partial charge in [-0.05, 0) is 25.7 Å². The van der Waals surface area contributed by atoms with Gasteiger partial charge in [0.25, 0.3) is 0 Å². The molecule has 120 valence electrons. The number of amides is 2. The largest absolute Gasteiger partial charge is 0.481 e. The van der Waals surface area contributed by atoms with E-state index in [4.69, 9.17) is 9.84 Å². The number of carboxylic acid groups (broad SMARTS) is 1. The number of ether oxygens (including phenoxy) is 1. The Morgan fingerprint density at radius 3 is 2.76 bits per heavy atom. The number of urea groups is 1. The molecule has 0 aromatic carbocycles. The Hall–Kier alpha value is -1.34. The van der Waals surface area contributed by atoms with Crippen molar-refractivity contribution in [2.24, 2.45) is 11.8 Å². The molecule has 3 unspecified atom stereocenters. The molecule has 2 amide bonds. The molecule has 2 rings (SSSR count). The van der Waals surface area contributed by atoms with Crippen LogP contribution >= 0.6 is 0 Å². The first-order valence-corrected chi connectivity index (χ1v) is 7.55. The molecule has 2 aliphatic heterocycles. The second kappa shape index (κ2) is 7.09. The fourth-order valence-electron chi connectivity index (χ4n) is 3.20. The molecule has 2 N–H and O–H groups in total. The van der Waals surface area contributed by atoms with Gasteiger partial charge in [-0.2, -0.15) is 0 Å². The molecule has 0 spiro atoms. The van der Waals surface area contributed by atoms with E-state index in [1.807, 2.05) is 6.92 Å². The number of nitrogens with zero attached hydrogens (tertiary/aromatic N) is 2. The molecule has 7 heteroatoms. The van der Waals surface area contributed by atoms with Crippen LogP contribution in [0.15, 0.2) is 0 Å². The third kappa shape index (κ3) is 3.47. The van der Waals surface area contributed by atoms with Gasteiger partial charge < -0.3 is 24.7 Å². The SMILES string of the molecule is CCN(C(=O)N1CCC(CCO)C1)C1COCC1C(=O)O. The topological polar surface area (TPSA) is 90.3 Å². The Balaban J connectivity index is 2.00. The predicted octanol–water partition coefficient (Wildman–Crippen LogP) is 0.232. The van der Waals surface area contributed by atoms with E-state index >= 15 is 0 Å². The number of carboxylic acids is 1. The van der Waals surface area contributed by atoms with E-state index in [0.717, 1.165) is 6.42 Å². The fourth-order valence-corrected chi connectivity index (χ4v) is 3.20. The number of hydrogen-bond donors (Lipinski definition) is 2. The lowest BCUT2D eigenvalue weighted by Crippen LogP contribution is -2.51. The van der Waals surface area contributed by atoms with E-state index in [0.29, 0.717) is 32.0 Å². The monoisotopic (exact) mass is 300 g/mol. The smallest absolute Gasteiger partial charge is 0.320 e. The van der Waals surface area contributed by atoms with E-state index < -0.39 is 17.9 Å². The average molecular weight is 300 g/mol. The number of rotatable bonds is 5. The molecular weight excluding hydrogens is 276 g/mol. The quantitative estimate of drug-likeness (QED) is 0.758. The zero-order chi connectivity index (χ0) is 15.4. The highest BCUT2D eigenvalue weighted by Crippen LogP contribution is 2.25. The first-order valence-electron chi connectivity index (χ1n) is 7.55. The highest BCUT2D eigenvalue weighted by atomic mass is 16.5. The highest BCUT2D eigenvalue weighted by Gasteiger charge is 2.41. The second-order valence-electron chi connectivity index (χ2n) is 5.73. The van der Waals surface area contributed by atoms with Crippen LogP contribution in [0.4, 0.5) is 4.79 Å². The summed E-state index contributed by atoms with van der Waals surface area (Å²) in [6.07, 6.45) is 1.60. The van der Waals surface area contributed by atoms with Gasteiger partial charge in [-0.1, -0.05) is 0 Å². The number of carbonyl (C=O) groups is 2. The van der Waals surface area contributed by atoms with Crippen LogP contribution in [0.25, 0.3) is 0 Å². The molecule has 0 radical (unpaired) electrons. The molecule has 0 aromatic heterocycles. The molecule has 2 saturated heterocycles. The number of likely N-dealkylation sites (N-methyl/N-ethyl adjacent to an activating group) is 1. The molecule has 2 fully saturated rings. The molecular formula is C14H24N2O5. The predicted molar refractivity (Wildman–Crippen MR) is 74.9 cm³/mol. The van der Waals surface area contributed by atoms with Gasteiger partial charge in [0, 0.05) is 26.2 Å². The van der Waals surface area contributed by atoms with Gasteiger partial charge >= 0.3 is 12.0 Å². The van der Waals surface area contributed by atoms with Crippen LogP contribution in [0.2, 0.25) is 0 Å². The van der Waals surface area contributed by atoms with Crippen molar-refractivity contribution in [1.29, 1.82) is 0 Å². The number of hydrogen-bond acceptors (Lipinski definition) is 4. The summed E-state index contributed by atoms with van der Waals surface area (Å²) < 4.78 is 5.26. The van der Waals surface area contributed by atoms with Crippen molar-refractivity contribution in [3.8, 4) is 0 Å². The Kier molecular flexibility index (Phi) is 5.41. The number of likely N-dealkylation sites (tertiary alicyclic amines) is 1. The number of carbonyl (C=O) groups excluding carboxylic acids is 1. The van der Waals surface area contributed by atoms with Crippen LogP contribution in [0.1, 0.15) is 19.8 Å². The molecule has 2 aliphatic rings. The minimum atomic E-state index is -0.914. The van der Waals surface area contributed by atoms with Crippen LogP contribution in [-0.2, 0) is 9.53 Å². The Bertz CT molecular complexity index is 390. The lowest BCUT2D eigenvalue weighted by molar-refractivity contribution is -0.142. The number of aliphatic hydroxyl groups is 1. The summed E-state index contributed by atoms with van der Waals surface area (Å²) in [7, 11) is 0. The summed E-state index contributed by atoms with van der Waals surface area (Å²) in [6.45, 7) is 4.23. The van der Waals surface area contributed by atoms with E-state index in [-0.39, 0.29) is 25.9 Å². The molecule has 2 heterocycles. The second-order valence-corrected chi connectivity index (χ2v) is 5.73. The molecule has 3 atom stereocenters. The van der Waals surface area contributed by atoms with Crippen LogP contribution in [0.5, 0.6) is 0 Å². The van der Waals surface area contributed by atoms with Crippen LogP contribution in [-0.4, -0.2) is 77.5 Å². The molecule has 0 saturated carbocycles. The summed E-state index contributed by atoms with van der Waals surface area (Å²) in [6, 6.07) is -0.503. The van der Waals surface area contributed by atoms with Gasteiger partial charge in [-0.3, -0.25) is 4.79 Å². The van der Waals surface area contributed by atoms with Gasteiger partial charge in [0.1, 0.15) is 5.92 Å². The van der Waals surface area contributed by atoms with Crippen LogP contribution < -0.4 is 0 Å². The zero-order valence-electron chi connectivity index (χ0n) is 12.4. The van der Waals surface area contributed by atoms with E-state index in [2.05, 4.69) is 0 Å². The average Bonchev–Trinajstić information content (AvgIpc) is 3.09. The normalized spacial score (nSPS) is 28.9. The Morgan fingerprint density at radius 2 is 2.14 bits per heavy atom. The van der Waals surface area contributed by atoms with E-state index in [9.17, 15) is 14.7 Å². The lowest BCUT2D eigenvalue weighted by Gasteiger charge is -2.33.